The summed E-state index contributed by atoms with van der Waals surface area (Å²) in [5, 5.41) is 27.4. The first-order chi connectivity index (χ1) is 16.8. The summed E-state index contributed by atoms with van der Waals surface area (Å²) in [7, 11) is 3.90. The predicted molar refractivity (Wildman–Crippen MR) is 138 cm³/mol. The molecule has 1 saturated heterocycles. The van der Waals surface area contributed by atoms with E-state index < -0.39 is 11.6 Å². The molecule has 1 aliphatic carbocycles. The summed E-state index contributed by atoms with van der Waals surface area (Å²) in [4.78, 5) is 31.5. The lowest BCUT2D eigenvalue weighted by Gasteiger charge is -2.32. The molecule has 1 heterocycles. The first-order valence-corrected chi connectivity index (χ1v) is 12.6. The SMILES string of the molecule is CN(C)CCNc1ccc(NCCN2CCCC(CCl)C2)c2c1C(=O)c1c(O)ccc(O)c1C2=O. The zero-order chi connectivity index (χ0) is 25.1. The number of halogens is 1. The minimum atomic E-state index is -0.486. The number of likely N-dealkylation sites (tertiary alicyclic amines) is 1. The van der Waals surface area contributed by atoms with Crippen LogP contribution in [0.2, 0.25) is 0 Å². The number of anilines is 2. The summed E-state index contributed by atoms with van der Waals surface area (Å²) < 4.78 is 0. The Bertz CT molecular complexity index is 1120. The normalized spacial score (nSPS) is 17.9. The van der Waals surface area contributed by atoms with Crippen LogP contribution in [0.4, 0.5) is 11.4 Å². The van der Waals surface area contributed by atoms with Gasteiger partial charge in [-0.2, -0.15) is 0 Å². The van der Waals surface area contributed by atoms with E-state index in [-0.39, 0.29) is 33.8 Å². The second-order valence-corrected chi connectivity index (χ2v) is 9.85. The van der Waals surface area contributed by atoms with Gasteiger partial charge in [-0.05, 0) is 63.7 Å². The molecule has 4 rings (SSSR count). The van der Waals surface area contributed by atoms with Gasteiger partial charge in [0, 0.05) is 50.0 Å². The van der Waals surface area contributed by atoms with Crippen molar-refractivity contribution in [3.63, 3.8) is 0 Å². The number of likely N-dealkylation sites (N-methyl/N-ethyl adjacent to an activating group) is 1. The third kappa shape index (κ3) is 5.24. The fourth-order valence-electron chi connectivity index (χ4n) is 4.90. The number of hydrogen-bond acceptors (Lipinski definition) is 8. The molecule has 2 aromatic carbocycles. The van der Waals surface area contributed by atoms with Crippen molar-refractivity contribution in [2.24, 2.45) is 5.92 Å². The van der Waals surface area contributed by atoms with Crippen LogP contribution in [-0.4, -0.2) is 90.8 Å². The van der Waals surface area contributed by atoms with Gasteiger partial charge in [0.05, 0.1) is 22.3 Å². The smallest absolute Gasteiger partial charge is 0.200 e. The quantitative estimate of drug-likeness (QED) is 0.262. The summed E-state index contributed by atoms with van der Waals surface area (Å²) in [5.41, 5.74) is 1.19. The van der Waals surface area contributed by atoms with Gasteiger partial charge in [0.2, 0.25) is 11.6 Å². The van der Waals surface area contributed by atoms with E-state index in [0.29, 0.717) is 36.3 Å². The summed E-state index contributed by atoms with van der Waals surface area (Å²) in [6.45, 7) is 4.66. The van der Waals surface area contributed by atoms with Crippen LogP contribution >= 0.6 is 11.6 Å². The maximum atomic E-state index is 13.6. The van der Waals surface area contributed by atoms with Crippen molar-refractivity contribution >= 4 is 34.5 Å². The molecule has 0 aromatic heterocycles. The van der Waals surface area contributed by atoms with Gasteiger partial charge in [-0.15, -0.1) is 11.6 Å². The maximum Gasteiger partial charge on any atom is 0.200 e. The molecular weight excluding hydrogens is 468 g/mol. The highest BCUT2D eigenvalue weighted by Crippen LogP contribution is 2.42. The molecule has 35 heavy (non-hydrogen) atoms. The topological polar surface area (TPSA) is 105 Å². The van der Waals surface area contributed by atoms with Gasteiger partial charge in [-0.3, -0.25) is 9.59 Å². The van der Waals surface area contributed by atoms with Crippen molar-refractivity contribution in [3.05, 3.63) is 46.5 Å². The van der Waals surface area contributed by atoms with Crippen molar-refractivity contribution in [1.82, 2.24) is 9.80 Å². The Morgan fingerprint density at radius 3 is 2.06 bits per heavy atom. The zero-order valence-electron chi connectivity index (χ0n) is 20.2. The number of carbonyl (C=O) groups is 2. The molecule has 0 bridgehead atoms. The minimum absolute atomic E-state index is 0.156. The largest absolute Gasteiger partial charge is 0.507 e. The number of nitrogens with zero attached hydrogens (tertiary/aromatic N) is 2. The summed E-state index contributed by atoms with van der Waals surface area (Å²) in [6.07, 6.45) is 2.27. The van der Waals surface area contributed by atoms with Crippen LogP contribution < -0.4 is 10.6 Å². The maximum absolute atomic E-state index is 13.6. The van der Waals surface area contributed by atoms with E-state index in [4.69, 9.17) is 11.6 Å². The van der Waals surface area contributed by atoms with Crippen LogP contribution in [0.25, 0.3) is 0 Å². The van der Waals surface area contributed by atoms with Crippen molar-refractivity contribution < 1.29 is 19.8 Å². The molecule has 0 radical (unpaired) electrons. The van der Waals surface area contributed by atoms with Gasteiger partial charge in [0.25, 0.3) is 0 Å². The lowest BCUT2D eigenvalue weighted by molar-refractivity contribution is 0.0975. The number of hydrogen-bond donors (Lipinski definition) is 4. The van der Waals surface area contributed by atoms with Crippen molar-refractivity contribution in [2.45, 2.75) is 12.8 Å². The average Bonchev–Trinajstić information content (AvgIpc) is 2.84. The van der Waals surface area contributed by atoms with Gasteiger partial charge in [0.1, 0.15) is 11.5 Å². The number of nitrogens with one attached hydrogen (secondary N) is 2. The molecule has 0 saturated carbocycles. The number of alkyl halides is 1. The number of carbonyl (C=O) groups excluding carboxylic acids is 2. The molecule has 2 aliphatic rings. The van der Waals surface area contributed by atoms with Gasteiger partial charge in [-0.25, -0.2) is 0 Å². The van der Waals surface area contributed by atoms with Crippen LogP contribution in [-0.2, 0) is 0 Å². The first kappa shape index (κ1) is 25.3. The molecule has 8 nitrogen and oxygen atoms in total. The van der Waals surface area contributed by atoms with Crippen LogP contribution in [0.15, 0.2) is 24.3 Å². The standard InChI is InChI=1S/C26H33ClN4O4/c1-30(2)12-9-28-17-5-6-18(29-10-13-31-11-3-4-16(14-27)15-31)22-21(17)25(34)23-19(32)7-8-20(33)24(23)26(22)35/h5-8,16,28-29,32-33H,3-4,9-15H2,1-2H3. The second kappa shape index (κ2) is 10.8. The third-order valence-electron chi connectivity index (χ3n) is 6.71. The van der Waals surface area contributed by atoms with E-state index in [1.54, 1.807) is 12.1 Å². The number of rotatable bonds is 9. The van der Waals surface area contributed by atoms with Gasteiger partial charge in [0.15, 0.2) is 0 Å². The Balaban J connectivity index is 1.64. The van der Waals surface area contributed by atoms with E-state index in [0.717, 1.165) is 39.0 Å². The third-order valence-corrected chi connectivity index (χ3v) is 7.15. The average molecular weight is 501 g/mol. The second-order valence-electron chi connectivity index (χ2n) is 9.54. The van der Waals surface area contributed by atoms with E-state index in [1.165, 1.54) is 12.1 Å². The summed E-state index contributed by atoms with van der Waals surface area (Å²) in [6, 6.07) is 6.06. The van der Waals surface area contributed by atoms with Gasteiger partial charge in [-0.1, -0.05) is 0 Å². The Labute approximate surface area is 210 Å². The molecule has 1 fully saturated rings. The molecule has 188 valence electrons. The minimum Gasteiger partial charge on any atom is -0.507 e. The number of piperidine rings is 1. The van der Waals surface area contributed by atoms with E-state index in [9.17, 15) is 19.8 Å². The number of phenols is 2. The molecule has 4 N–H and O–H groups in total. The van der Waals surface area contributed by atoms with Crippen molar-refractivity contribution in [1.29, 1.82) is 0 Å². The fourth-order valence-corrected chi connectivity index (χ4v) is 5.15. The van der Waals surface area contributed by atoms with Crippen molar-refractivity contribution in [2.75, 3.05) is 69.9 Å². The molecule has 0 amide bonds. The fraction of sp³-hybridized carbons (Fsp3) is 0.462. The number of phenolic OH excluding ortho intramolecular Hbond substituents is 2. The molecule has 1 atom stereocenters. The molecule has 1 aliphatic heterocycles. The van der Waals surface area contributed by atoms with Crippen LogP contribution in [0.5, 0.6) is 11.5 Å². The molecule has 2 aromatic rings. The monoisotopic (exact) mass is 500 g/mol. The molecular formula is C26H33ClN4O4. The summed E-state index contributed by atoms with van der Waals surface area (Å²) in [5.74, 6) is -0.456. The lowest BCUT2D eigenvalue weighted by atomic mass is 9.81. The highest BCUT2D eigenvalue weighted by atomic mass is 35.5. The Kier molecular flexibility index (Phi) is 7.84. The lowest BCUT2D eigenvalue weighted by Crippen LogP contribution is -2.39. The van der Waals surface area contributed by atoms with Crippen LogP contribution in [0.1, 0.15) is 44.7 Å². The first-order valence-electron chi connectivity index (χ1n) is 12.0. The van der Waals surface area contributed by atoms with E-state index in [1.807, 2.05) is 19.0 Å². The molecule has 9 heteroatoms. The van der Waals surface area contributed by atoms with E-state index >= 15 is 0 Å². The van der Waals surface area contributed by atoms with Crippen molar-refractivity contribution in [3.8, 4) is 11.5 Å². The molecule has 1 unspecified atom stereocenters. The Morgan fingerprint density at radius 1 is 0.943 bits per heavy atom. The Hall–Kier alpha value is -2.81. The van der Waals surface area contributed by atoms with Crippen LogP contribution in [0, 0.1) is 5.92 Å². The number of fused-ring (bicyclic) bond motifs is 2. The summed E-state index contributed by atoms with van der Waals surface area (Å²) >= 11 is 6.06. The zero-order valence-corrected chi connectivity index (χ0v) is 21.0. The van der Waals surface area contributed by atoms with Gasteiger partial charge < -0.3 is 30.6 Å². The number of aromatic hydroxyl groups is 2. The highest BCUT2D eigenvalue weighted by Gasteiger charge is 2.38. The Morgan fingerprint density at radius 2 is 1.51 bits per heavy atom. The highest BCUT2D eigenvalue weighted by molar-refractivity contribution is 6.33. The number of benzene rings is 2. The number of ketones is 2. The molecule has 0 spiro atoms. The van der Waals surface area contributed by atoms with E-state index in [2.05, 4.69) is 15.5 Å². The van der Waals surface area contributed by atoms with Crippen LogP contribution in [0.3, 0.4) is 0 Å². The van der Waals surface area contributed by atoms with Gasteiger partial charge >= 0.3 is 0 Å². The predicted octanol–water partition coefficient (Wildman–Crippen LogP) is 3.21.